The summed E-state index contributed by atoms with van der Waals surface area (Å²) in [5.41, 5.74) is 4.80. The second kappa shape index (κ2) is 15.3. The molecule has 3 rings (SSSR count). The first-order chi connectivity index (χ1) is 18.9. The Morgan fingerprint density at radius 3 is 2.32 bits per heavy atom. The maximum atomic E-state index is 12.4. The summed E-state index contributed by atoms with van der Waals surface area (Å²) < 4.78 is 27.4. The van der Waals surface area contributed by atoms with E-state index in [-0.39, 0.29) is 30.7 Å². The van der Waals surface area contributed by atoms with E-state index in [2.05, 4.69) is 73.6 Å². The van der Waals surface area contributed by atoms with Gasteiger partial charge in [0.05, 0.1) is 19.3 Å². The van der Waals surface area contributed by atoms with Crippen molar-refractivity contribution in [2.75, 3.05) is 26.4 Å². The minimum Gasteiger partial charge on any atom is -0.449 e. The molecule has 1 aliphatic carbocycles. The van der Waals surface area contributed by atoms with Crippen molar-refractivity contribution in [1.29, 1.82) is 1.43 Å². The standard InChI is InChI=1S/C30H43N2O5P/c1-6-19-36-38(32(22(2)3)23(4)5)37-24(20-33)13-11-12-18-31-30(34)35-21-29-27-16-9-7-14-25(27)26-15-8-10-17-28(26)29/h6-10,14-17,22-24,29,33H,1,11-13,18-21H2,2-5H3,(H,31,34)/t24-,38?/m0/s1/i33D. The Morgan fingerprint density at radius 1 is 1.11 bits per heavy atom. The minimum atomic E-state index is -1.33. The quantitative estimate of drug-likeness (QED) is 0.133. The lowest BCUT2D eigenvalue weighted by atomic mass is 9.98. The Morgan fingerprint density at radius 2 is 1.74 bits per heavy atom. The third-order valence-electron chi connectivity index (χ3n) is 6.54. The number of unbranched alkanes of at least 4 members (excludes halogenated alkanes) is 1. The molecule has 1 unspecified atom stereocenters. The van der Waals surface area contributed by atoms with E-state index >= 15 is 0 Å². The molecule has 2 aromatic carbocycles. The summed E-state index contributed by atoms with van der Waals surface area (Å²) in [6.07, 6.45) is 3.25. The van der Waals surface area contributed by atoms with Crippen molar-refractivity contribution in [1.82, 2.24) is 9.99 Å². The van der Waals surface area contributed by atoms with Crippen LogP contribution in [-0.4, -0.2) is 61.9 Å². The molecule has 2 aromatic rings. The summed E-state index contributed by atoms with van der Waals surface area (Å²) in [4.78, 5) is 12.4. The van der Waals surface area contributed by atoms with Gasteiger partial charge in [0.25, 0.3) is 8.53 Å². The lowest BCUT2D eigenvalue weighted by molar-refractivity contribution is 0.0807. The lowest BCUT2D eigenvalue weighted by Crippen LogP contribution is -2.35. The van der Waals surface area contributed by atoms with E-state index in [9.17, 15) is 4.79 Å². The molecular formula is C30H43N2O5P. The summed E-state index contributed by atoms with van der Waals surface area (Å²) >= 11 is 0. The fourth-order valence-electron chi connectivity index (χ4n) is 4.87. The van der Waals surface area contributed by atoms with Crippen LogP contribution in [0.3, 0.4) is 0 Å². The van der Waals surface area contributed by atoms with E-state index in [1.165, 1.54) is 22.3 Å². The van der Waals surface area contributed by atoms with E-state index in [1.807, 2.05) is 24.3 Å². The largest absolute Gasteiger partial charge is 0.449 e. The van der Waals surface area contributed by atoms with Gasteiger partial charge in [0.2, 0.25) is 1.43 Å². The molecule has 0 saturated heterocycles. The maximum absolute atomic E-state index is 12.4. The minimum absolute atomic E-state index is 0.0420. The van der Waals surface area contributed by atoms with Gasteiger partial charge < -0.3 is 24.2 Å². The van der Waals surface area contributed by atoms with Crippen molar-refractivity contribution in [2.45, 2.75) is 71.1 Å². The highest BCUT2D eigenvalue weighted by Crippen LogP contribution is 2.47. The van der Waals surface area contributed by atoms with Crippen LogP contribution in [0, 0.1) is 0 Å². The smallest absolute Gasteiger partial charge is 0.407 e. The summed E-state index contributed by atoms with van der Waals surface area (Å²) in [6.45, 7) is 13.5. The lowest BCUT2D eigenvalue weighted by Gasteiger charge is -2.37. The van der Waals surface area contributed by atoms with Crippen LogP contribution in [0.15, 0.2) is 61.2 Å². The first kappa shape index (κ1) is 28.7. The zero-order valence-corrected chi connectivity index (χ0v) is 24.0. The highest BCUT2D eigenvalue weighted by Gasteiger charge is 2.30. The molecular weight excluding hydrogens is 499 g/mol. The van der Waals surface area contributed by atoms with Crippen LogP contribution in [-0.2, 0) is 13.8 Å². The third-order valence-corrected chi connectivity index (χ3v) is 8.69. The zero-order valence-electron chi connectivity index (χ0n) is 24.1. The molecule has 0 bridgehead atoms. The molecule has 1 amide bonds. The van der Waals surface area contributed by atoms with Crippen LogP contribution < -0.4 is 5.32 Å². The fourth-order valence-corrected chi connectivity index (χ4v) is 6.58. The third kappa shape index (κ3) is 8.11. The van der Waals surface area contributed by atoms with Gasteiger partial charge in [-0.05, 0) is 69.2 Å². The Labute approximate surface area is 230 Å². The fraction of sp³-hybridized carbons (Fsp3) is 0.500. The summed E-state index contributed by atoms with van der Waals surface area (Å²) in [6, 6.07) is 17.1. The number of ether oxygens (including phenoxy) is 1. The molecule has 0 spiro atoms. The van der Waals surface area contributed by atoms with Gasteiger partial charge in [-0.1, -0.05) is 54.6 Å². The van der Waals surface area contributed by atoms with E-state index in [1.54, 1.807) is 6.08 Å². The Hall–Kier alpha value is -2.28. The predicted molar refractivity (Wildman–Crippen MR) is 154 cm³/mol. The number of aliphatic hydroxyl groups excluding tert-OH is 1. The molecule has 7 nitrogen and oxygen atoms in total. The van der Waals surface area contributed by atoms with Gasteiger partial charge in [-0.25, -0.2) is 9.46 Å². The number of benzene rings is 2. The van der Waals surface area contributed by atoms with Gasteiger partial charge >= 0.3 is 6.09 Å². The SMILES string of the molecule is [2H]OC[C@H](CCCCNC(=O)OCC1c2ccccc2-c2ccccc21)OP(OCC=C)N(C(C)C)C(C)C. The topological polar surface area (TPSA) is 80.3 Å². The van der Waals surface area contributed by atoms with E-state index in [4.69, 9.17) is 15.2 Å². The average molecular weight is 544 g/mol. The predicted octanol–water partition coefficient (Wildman–Crippen LogP) is 6.62. The molecule has 0 saturated carbocycles. The Kier molecular flexibility index (Phi) is 11.6. The van der Waals surface area contributed by atoms with Gasteiger partial charge in [0.1, 0.15) is 6.61 Å². The normalized spacial score (nSPS) is 14.8. The van der Waals surface area contributed by atoms with Crippen molar-refractivity contribution in [3.8, 4) is 11.1 Å². The second-order valence-electron chi connectivity index (χ2n) is 10.0. The van der Waals surface area contributed by atoms with E-state index in [0.717, 1.165) is 12.8 Å². The molecule has 2 N–H and O–H groups in total. The van der Waals surface area contributed by atoms with Crippen LogP contribution in [0.2, 0.25) is 0 Å². The Bertz CT molecular complexity index is 1000. The van der Waals surface area contributed by atoms with Crippen molar-refractivity contribution in [3.05, 3.63) is 72.3 Å². The number of fused-ring (bicyclic) bond motifs is 3. The van der Waals surface area contributed by atoms with E-state index in [0.29, 0.717) is 26.2 Å². The van der Waals surface area contributed by atoms with Crippen molar-refractivity contribution < 1.29 is 23.7 Å². The molecule has 0 heterocycles. The number of carbonyl (C=O) groups is 1. The Balaban J connectivity index is 1.44. The number of hydrogen-bond donors (Lipinski definition) is 2. The zero-order chi connectivity index (χ0) is 28.2. The van der Waals surface area contributed by atoms with Crippen molar-refractivity contribution in [2.24, 2.45) is 0 Å². The van der Waals surface area contributed by atoms with Crippen LogP contribution in [0.5, 0.6) is 0 Å². The first-order valence-electron chi connectivity index (χ1n) is 13.9. The van der Waals surface area contributed by atoms with Crippen LogP contribution >= 0.6 is 8.53 Å². The first-order valence-corrected chi connectivity index (χ1v) is 14.7. The number of amides is 1. The van der Waals surface area contributed by atoms with Crippen LogP contribution in [0.1, 0.15) is 64.0 Å². The average Bonchev–Trinajstić information content (AvgIpc) is 3.23. The molecule has 2 atom stereocenters. The van der Waals surface area contributed by atoms with Crippen LogP contribution in [0.25, 0.3) is 11.1 Å². The summed E-state index contributed by atoms with van der Waals surface area (Å²) in [5, 5.41) is 7.55. The number of carbonyl (C=O) groups excluding carboxylic acids is 1. The number of nitrogens with one attached hydrogen (secondary N) is 1. The molecule has 0 aliphatic heterocycles. The van der Waals surface area contributed by atoms with Gasteiger partial charge in [-0.2, -0.15) is 0 Å². The number of aliphatic hydroxyl groups is 1. The van der Waals surface area contributed by atoms with Crippen molar-refractivity contribution >= 4 is 14.6 Å². The highest BCUT2D eigenvalue weighted by molar-refractivity contribution is 7.44. The maximum Gasteiger partial charge on any atom is 0.407 e. The number of nitrogens with zero attached hydrogens (tertiary/aromatic N) is 1. The summed E-state index contributed by atoms with van der Waals surface area (Å²) in [7, 11) is -1.33. The van der Waals surface area contributed by atoms with Gasteiger partial charge in [-0.15, -0.1) is 6.58 Å². The van der Waals surface area contributed by atoms with Crippen LogP contribution in [0.4, 0.5) is 4.79 Å². The number of rotatable bonds is 17. The van der Waals surface area contributed by atoms with Gasteiger partial charge in [0, 0.05) is 24.5 Å². The molecule has 0 radical (unpaired) electrons. The second-order valence-corrected chi connectivity index (χ2v) is 11.4. The number of hydrogen-bond acceptors (Lipinski definition) is 6. The monoisotopic (exact) mass is 543 g/mol. The molecule has 38 heavy (non-hydrogen) atoms. The number of alkyl carbamates (subject to hydrolysis) is 1. The molecule has 8 heteroatoms. The van der Waals surface area contributed by atoms with E-state index < -0.39 is 14.6 Å². The molecule has 1 aliphatic rings. The highest BCUT2D eigenvalue weighted by atomic mass is 31.2. The van der Waals surface area contributed by atoms with Crippen molar-refractivity contribution in [3.63, 3.8) is 0 Å². The van der Waals surface area contributed by atoms with Gasteiger partial charge in [0.15, 0.2) is 0 Å². The van der Waals surface area contributed by atoms with Gasteiger partial charge in [-0.3, -0.25) is 0 Å². The summed E-state index contributed by atoms with van der Waals surface area (Å²) in [5.74, 6) is 0.0420. The molecule has 208 valence electrons. The molecule has 0 aromatic heterocycles. The molecule has 0 fully saturated rings.